The number of piperidine rings is 1. The molecule has 144 valence electrons. The Morgan fingerprint density at radius 2 is 2.04 bits per heavy atom. The second-order valence-corrected chi connectivity index (χ2v) is 6.88. The molecule has 1 aromatic rings. The molecule has 1 aromatic heterocycles. The van der Waals surface area contributed by atoms with E-state index in [0.29, 0.717) is 32.7 Å². The molecular weight excluding hydrogens is 334 g/mol. The molecule has 3 heterocycles. The number of hydrogen-bond donors (Lipinski definition) is 0. The molecule has 2 fully saturated rings. The zero-order valence-corrected chi connectivity index (χ0v) is 15.8. The Morgan fingerprint density at radius 1 is 1.27 bits per heavy atom. The van der Waals surface area contributed by atoms with Crippen LogP contribution in [0, 0.1) is 0 Å². The molecule has 2 saturated heterocycles. The molecule has 8 heteroatoms. The molecule has 2 aliphatic heterocycles. The highest BCUT2D eigenvalue weighted by atomic mass is 16.5. The van der Waals surface area contributed by atoms with Gasteiger partial charge in [0.1, 0.15) is 0 Å². The molecule has 0 unspecified atom stereocenters. The highest BCUT2D eigenvalue weighted by Crippen LogP contribution is 2.24. The second kappa shape index (κ2) is 8.64. The van der Waals surface area contributed by atoms with E-state index in [2.05, 4.69) is 10.00 Å². The Kier molecular flexibility index (Phi) is 6.26. The molecule has 2 amide bonds. The number of ether oxygens (including phenoxy) is 1. The summed E-state index contributed by atoms with van der Waals surface area (Å²) in [6.45, 7) is 6.66. The third-order valence-electron chi connectivity index (χ3n) is 5.19. The normalized spacial score (nSPS) is 22.1. The Balaban J connectivity index is 1.53. The molecule has 0 spiro atoms. The monoisotopic (exact) mass is 363 g/mol. The maximum atomic E-state index is 13.0. The van der Waals surface area contributed by atoms with E-state index in [-0.39, 0.29) is 17.9 Å². The van der Waals surface area contributed by atoms with Crippen LogP contribution in [0.4, 0.5) is 5.69 Å². The lowest BCUT2D eigenvalue weighted by atomic mass is 10.0. The summed E-state index contributed by atoms with van der Waals surface area (Å²) in [6, 6.07) is -0.0929. The minimum Gasteiger partial charge on any atom is -0.381 e. The topological polar surface area (TPSA) is 70.9 Å². The number of piperazine rings is 1. The zero-order valence-electron chi connectivity index (χ0n) is 15.8. The highest BCUT2D eigenvalue weighted by molar-refractivity contribution is 5.97. The summed E-state index contributed by atoms with van der Waals surface area (Å²) in [5.41, 5.74) is 0.868. The number of carbonyl (C=O) groups excluding carboxylic acids is 2. The second-order valence-electron chi connectivity index (χ2n) is 6.88. The van der Waals surface area contributed by atoms with Gasteiger partial charge in [0, 0.05) is 52.6 Å². The quantitative estimate of drug-likeness (QED) is 0.688. The summed E-state index contributed by atoms with van der Waals surface area (Å²) in [5.74, 6) is 0.297. The lowest BCUT2D eigenvalue weighted by Gasteiger charge is -2.42. The predicted molar refractivity (Wildman–Crippen MR) is 97.8 cm³/mol. The molecule has 0 saturated carbocycles. The molecule has 2 aliphatic rings. The van der Waals surface area contributed by atoms with Crippen LogP contribution in [0.1, 0.15) is 26.2 Å². The number of rotatable bonds is 6. The van der Waals surface area contributed by atoms with Crippen LogP contribution in [-0.4, -0.2) is 83.4 Å². The van der Waals surface area contributed by atoms with Crippen molar-refractivity contribution in [3.63, 3.8) is 0 Å². The first-order valence-electron chi connectivity index (χ1n) is 9.49. The lowest BCUT2D eigenvalue weighted by molar-refractivity contribution is -0.135. The number of amides is 2. The Morgan fingerprint density at radius 3 is 2.69 bits per heavy atom. The van der Waals surface area contributed by atoms with Gasteiger partial charge in [0.05, 0.1) is 31.0 Å². The molecule has 3 rings (SSSR count). The molecule has 26 heavy (non-hydrogen) atoms. The average molecular weight is 363 g/mol. The Hall–Kier alpha value is -1.93. The van der Waals surface area contributed by atoms with Crippen molar-refractivity contribution in [2.75, 3.05) is 50.8 Å². The summed E-state index contributed by atoms with van der Waals surface area (Å²) >= 11 is 0. The third kappa shape index (κ3) is 4.24. The lowest BCUT2D eigenvalue weighted by Crippen LogP contribution is -2.58. The van der Waals surface area contributed by atoms with Gasteiger partial charge in [-0.15, -0.1) is 0 Å². The van der Waals surface area contributed by atoms with E-state index in [1.54, 1.807) is 10.9 Å². The predicted octanol–water partition coefficient (Wildman–Crippen LogP) is 0.486. The fourth-order valence-corrected chi connectivity index (χ4v) is 3.74. The van der Waals surface area contributed by atoms with Gasteiger partial charge in [-0.2, -0.15) is 5.10 Å². The molecule has 8 nitrogen and oxygen atoms in total. The van der Waals surface area contributed by atoms with Crippen molar-refractivity contribution in [3.8, 4) is 0 Å². The van der Waals surface area contributed by atoms with E-state index < -0.39 is 0 Å². The van der Waals surface area contributed by atoms with Gasteiger partial charge in [0.2, 0.25) is 11.8 Å². The Bertz CT molecular complexity index is 624. The van der Waals surface area contributed by atoms with Gasteiger partial charge in [-0.05, 0) is 19.8 Å². The maximum Gasteiger partial charge on any atom is 0.244 e. The van der Waals surface area contributed by atoms with Gasteiger partial charge in [-0.25, -0.2) is 0 Å². The molecule has 0 radical (unpaired) electrons. The molecular formula is C18H29N5O3. The van der Waals surface area contributed by atoms with Gasteiger partial charge in [-0.3, -0.25) is 19.2 Å². The van der Waals surface area contributed by atoms with E-state index in [1.807, 2.05) is 30.0 Å². The molecule has 0 aliphatic carbocycles. The van der Waals surface area contributed by atoms with Crippen LogP contribution < -0.4 is 4.90 Å². The SMILES string of the molecule is CCOCCC(=O)N1CCN([C@H]2CCCN(c3cnn(C)c3)C2=O)CC1. The van der Waals surface area contributed by atoms with Gasteiger partial charge >= 0.3 is 0 Å². The fourth-order valence-electron chi connectivity index (χ4n) is 3.74. The summed E-state index contributed by atoms with van der Waals surface area (Å²) in [7, 11) is 1.86. The van der Waals surface area contributed by atoms with E-state index in [4.69, 9.17) is 4.74 Å². The van der Waals surface area contributed by atoms with Crippen LogP contribution in [0.3, 0.4) is 0 Å². The highest BCUT2D eigenvalue weighted by Gasteiger charge is 2.36. The number of hydrogen-bond acceptors (Lipinski definition) is 5. The van der Waals surface area contributed by atoms with Crippen molar-refractivity contribution >= 4 is 17.5 Å². The number of carbonyl (C=O) groups is 2. The minimum absolute atomic E-state index is 0.0929. The fraction of sp³-hybridized carbons (Fsp3) is 0.722. The largest absolute Gasteiger partial charge is 0.381 e. The van der Waals surface area contributed by atoms with Crippen molar-refractivity contribution in [2.45, 2.75) is 32.2 Å². The van der Waals surface area contributed by atoms with Crippen molar-refractivity contribution in [1.29, 1.82) is 0 Å². The van der Waals surface area contributed by atoms with Crippen LogP contribution in [0.25, 0.3) is 0 Å². The van der Waals surface area contributed by atoms with Crippen LogP contribution >= 0.6 is 0 Å². The van der Waals surface area contributed by atoms with E-state index in [9.17, 15) is 9.59 Å². The van der Waals surface area contributed by atoms with Crippen molar-refractivity contribution in [1.82, 2.24) is 19.6 Å². The number of anilines is 1. The zero-order chi connectivity index (χ0) is 18.5. The van der Waals surface area contributed by atoms with Crippen LogP contribution in [-0.2, 0) is 21.4 Å². The van der Waals surface area contributed by atoms with Crippen molar-refractivity contribution in [2.24, 2.45) is 7.05 Å². The number of nitrogens with zero attached hydrogens (tertiary/aromatic N) is 5. The van der Waals surface area contributed by atoms with Gasteiger partial charge in [0.25, 0.3) is 0 Å². The smallest absolute Gasteiger partial charge is 0.244 e. The van der Waals surface area contributed by atoms with Crippen molar-refractivity contribution < 1.29 is 14.3 Å². The maximum absolute atomic E-state index is 13.0. The first-order valence-corrected chi connectivity index (χ1v) is 9.49. The van der Waals surface area contributed by atoms with Crippen LogP contribution in [0.2, 0.25) is 0 Å². The van der Waals surface area contributed by atoms with Crippen molar-refractivity contribution in [3.05, 3.63) is 12.4 Å². The number of aryl methyl sites for hydroxylation is 1. The molecule has 0 N–H and O–H groups in total. The molecule has 0 aromatic carbocycles. The summed E-state index contributed by atoms with van der Waals surface area (Å²) in [5, 5.41) is 4.18. The van der Waals surface area contributed by atoms with E-state index >= 15 is 0 Å². The summed E-state index contributed by atoms with van der Waals surface area (Å²) in [4.78, 5) is 31.1. The minimum atomic E-state index is -0.0929. The van der Waals surface area contributed by atoms with Crippen LogP contribution in [0.15, 0.2) is 12.4 Å². The first kappa shape index (κ1) is 18.8. The molecule has 1 atom stereocenters. The number of aromatic nitrogens is 2. The van der Waals surface area contributed by atoms with Gasteiger partial charge < -0.3 is 14.5 Å². The standard InChI is InChI=1S/C18H29N5O3/c1-3-26-12-6-17(24)22-10-8-21(9-11-22)16-5-4-7-23(18(16)25)15-13-19-20(2)14-15/h13-14,16H,3-12H2,1-2H3/t16-/m0/s1. The first-order chi connectivity index (χ1) is 12.6. The third-order valence-corrected chi connectivity index (χ3v) is 5.19. The van der Waals surface area contributed by atoms with E-state index in [0.717, 1.165) is 38.2 Å². The van der Waals surface area contributed by atoms with Gasteiger partial charge in [0.15, 0.2) is 0 Å². The molecule has 0 bridgehead atoms. The summed E-state index contributed by atoms with van der Waals surface area (Å²) in [6.07, 6.45) is 5.93. The van der Waals surface area contributed by atoms with E-state index in [1.165, 1.54) is 0 Å². The average Bonchev–Trinajstić information content (AvgIpc) is 3.08. The Labute approximate surface area is 154 Å². The summed E-state index contributed by atoms with van der Waals surface area (Å²) < 4.78 is 6.99. The van der Waals surface area contributed by atoms with Gasteiger partial charge in [-0.1, -0.05) is 0 Å². The van der Waals surface area contributed by atoms with Crippen LogP contribution in [0.5, 0.6) is 0 Å².